The van der Waals surface area contributed by atoms with Crippen LogP contribution >= 0.6 is 11.5 Å². The summed E-state index contributed by atoms with van der Waals surface area (Å²) in [6.45, 7) is 0.560. The summed E-state index contributed by atoms with van der Waals surface area (Å²) in [6, 6.07) is 3.75. The molecule has 6 nitrogen and oxygen atoms in total. The first kappa shape index (κ1) is 11.3. The molecule has 7 heteroatoms. The van der Waals surface area contributed by atoms with E-state index >= 15 is 0 Å². The van der Waals surface area contributed by atoms with Crippen molar-refractivity contribution in [3.8, 4) is 0 Å². The van der Waals surface area contributed by atoms with E-state index in [1.54, 1.807) is 12.4 Å². The molecule has 0 aliphatic carbocycles. The number of hydrogen-bond donors (Lipinski definition) is 3. The van der Waals surface area contributed by atoms with Crippen molar-refractivity contribution in [2.45, 2.75) is 6.54 Å². The van der Waals surface area contributed by atoms with Gasteiger partial charge in [-0.3, -0.25) is 9.78 Å². The number of hydrogen-bond acceptors (Lipinski definition) is 6. The first-order chi connectivity index (χ1) is 8.18. The molecular formula is C10H11N5OS. The van der Waals surface area contributed by atoms with Crippen molar-refractivity contribution in [1.29, 1.82) is 0 Å². The minimum absolute atomic E-state index is 0.166. The summed E-state index contributed by atoms with van der Waals surface area (Å²) < 4.78 is 3.89. The first-order valence-electron chi connectivity index (χ1n) is 4.86. The van der Waals surface area contributed by atoms with Gasteiger partial charge in [0.1, 0.15) is 10.6 Å². The lowest BCUT2D eigenvalue weighted by Crippen LogP contribution is -2.14. The van der Waals surface area contributed by atoms with Crippen LogP contribution in [0.15, 0.2) is 24.5 Å². The third kappa shape index (κ3) is 2.51. The van der Waals surface area contributed by atoms with Gasteiger partial charge in [-0.25, -0.2) is 0 Å². The Kier molecular flexibility index (Phi) is 3.20. The topological polar surface area (TPSA) is 107 Å². The predicted molar refractivity (Wildman–Crippen MR) is 66.6 cm³/mol. The summed E-state index contributed by atoms with van der Waals surface area (Å²) in [5.41, 5.74) is 12.1. The molecule has 2 heterocycles. The highest BCUT2D eigenvalue weighted by Gasteiger charge is 2.16. The third-order valence-corrected chi connectivity index (χ3v) is 2.99. The summed E-state index contributed by atoms with van der Waals surface area (Å²) in [5, 5.41) is 3.67. The average Bonchev–Trinajstić information content (AvgIpc) is 2.69. The number of aromatic nitrogens is 2. The van der Waals surface area contributed by atoms with E-state index in [1.165, 1.54) is 0 Å². The first-order valence-corrected chi connectivity index (χ1v) is 5.63. The molecule has 2 aromatic rings. The van der Waals surface area contributed by atoms with Crippen LogP contribution in [-0.2, 0) is 6.54 Å². The maximum atomic E-state index is 11.2. The summed E-state index contributed by atoms with van der Waals surface area (Å²) in [4.78, 5) is 15.1. The number of rotatable bonds is 4. The van der Waals surface area contributed by atoms with Crippen molar-refractivity contribution < 1.29 is 4.79 Å². The molecule has 0 saturated heterocycles. The van der Waals surface area contributed by atoms with Crippen LogP contribution in [0.4, 0.5) is 10.8 Å². The minimum atomic E-state index is -0.575. The Morgan fingerprint density at radius 3 is 2.76 bits per heavy atom. The van der Waals surface area contributed by atoms with Crippen LogP contribution < -0.4 is 16.8 Å². The Balaban J connectivity index is 2.12. The number of carbonyl (C=O) groups is 1. The molecule has 0 aromatic carbocycles. The number of nitrogen functional groups attached to an aromatic ring is 1. The lowest BCUT2D eigenvalue weighted by Gasteiger charge is -2.04. The van der Waals surface area contributed by atoms with E-state index < -0.39 is 5.91 Å². The highest BCUT2D eigenvalue weighted by Crippen LogP contribution is 2.26. The number of primary amides is 1. The average molecular weight is 249 g/mol. The van der Waals surface area contributed by atoms with Gasteiger partial charge in [0, 0.05) is 18.9 Å². The number of pyridine rings is 1. The summed E-state index contributed by atoms with van der Waals surface area (Å²) in [5.74, 6) is -0.409. The number of nitrogens with two attached hydrogens (primary N) is 2. The monoisotopic (exact) mass is 249 g/mol. The van der Waals surface area contributed by atoms with Gasteiger partial charge in [-0.2, -0.15) is 4.37 Å². The maximum Gasteiger partial charge on any atom is 0.255 e. The quantitative estimate of drug-likeness (QED) is 0.744. The Morgan fingerprint density at radius 2 is 2.12 bits per heavy atom. The van der Waals surface area contributed by atoms with Crippen molar-refractivity contribution in [2.75, 3.05) is 11.1 Å². The standard InChI is InChI=1S/C10H11N5OS/c11-8-7(9(12)16)10(17-15-8)14-5-6-1-3-13-4-2-6/h1-4,14H,5H2,(H2,11,15)(H2,12,16). The van der Waals surface area contributed by atoms with Gasteiger partial charge in [0.25, 0.3) is 5.91 Å². The van der Waals surface area contributed by atoms with E-state index in [-0.39, 0.29) is 11.4 Å². The zero-order valence-electron chi connectivity index (χ0n) is 8.88. The van der Waals surface area contributed by atoms with Gasteiger partial charge >= 0.3 is 0 Å². The normalized spacial score (nSPS) is 10.1. The molecule has 0 unspecified atom stereocenters. The molecule has 0 spiro atoms. The van der Waals surface area contributed by atoms with E-state index in [9.17, 15) is 4.79 Å². The molecule has 88 valence electrons. The summed E-state index contributed by atoms with van der Waals surface area (Å²) in [7, 11) is 0. The molecular weight excluding hydrogens is 238 g/mol. The van der Waals surface area contributed by atoms with Gasteiger partial charge < -0.3 is 16.8 Å². The fourth-order valence-corrected chi connectivity index (χ4v) is 2.06. The van der Waals surface area contributed by atoms with Crippen LogP contribution in [0.2, 0.25) is 0 Å². The van der Waals surface area contributed by atoms with Crippen molar-refractivity contribution in [3.63, 3.8) is 0 Å². The number of amides is 1. The number of anilines is 2. The molecule has 1 amide bonds. The maximum absolute atomic E-state index is 11.2. The molecule has 0 radical (unpaired) electrons. The van der Waals surface area contributed by atoms with E-state index in [4.69, 9.17) is 11.5 Å². The number of nitrogens with zero attached hydrogens (tertiary/aromatic N) is 2. The Bertz CT molecular complexity index is 525. The molecule has 2 aromatic heterocycles. The molecule has 0 atom stereocenters. The molecule has 0 fully saturated rings. The van der Waals surface area contributed by atoms with E-state index in [1.807, 2.05) is 12.1 Å². The van der Waals surface area contributed by atoms with Crippen molar-refractivity contribution >= 4 is 28.3 Å². The lowest BCUT2D eigenvalue weighted by atomic mass is 10.2. The zero-order chi connectivity index (χ0) is 12.3. The molecule has 17 heavy (non-hydrogen) atoms. The molecule has 0 bridgehead atoms. The smallest absolute Gasteiger partial charge is 0.255 e. The third-order valence-electron chi connectivity index (χ3n) is 2.17. The molecule has 0 aliphatic heterocycles. The van der Waals surface area contributed by atoms with Crippen LogP contribution in [0.1, 0.15) is 15.9 Å². The molecule has 5 N–H and O–H groups in total. The van der Waals surface area contributed by atoms with Gasteiger partial charge in [-0.15, -0.1) is 0 Å². The van der Waals surface area contributed by atoms with Gasteiger partial charge in [0.15, 0.2) is 5.82 Å². The highest BCUT2D eigenvalue weighted by atomic mass is 32.1. The van der Waals surface area contributed by atoms with Crippen molar-refractivity contribution in [2.24, 2.45) is 5.73 Å². The van der Waals surface area contributed by atoms with E-state index in [0.29, 0.717) is 11.5 Å². The fraction of sp³-hybridized carbons (Fsp3) is 0.100. The fourth-order valence-electron chi connectivity index (χ4n) is 1.34. The van der Waals surface area contributed by atoms with Crippen LogP contribution in [0.3, 0.4) is 0 Å². The lowest BCUT2D eigenvalue weighted by molar-refractivity contribution is 0.100. The van der Waals surface area contributed by atoms with Gasteiger partial charge in [0.05, 0.1) is 0 Å². The van der Waals surface area contributed by atoms with Crippen LogP contribution in [-0.4, -0.2) is 15.3 Å². The second kappa shape index (κ2) is 4.79. The van der Waals surface area contributed by atoms with Gasteiger partial charge in [0.2, 0.25) is 0 Å². The SMILES string of the molecule is NC(=O)c1c(N)nsc1NCc1ccncc1. The number of carbonyl (C=O) groups excluding carboxylic acids is 1. The second-order valence-corrected chi connectivity index (χ2v) is 4.12. The molecule has 2 rings (SSSR count). The van der Waals surface area contributed by atoms with Crippen molar-refractivity contribution in [1.82, 2.24) is 9.36 Å². The zero-order valence-corrected chi connectivity index (χ0v) is 9.70. The van der Waals surface area contributed by atoms with Crippen LogP contribution in [0.25, 0.3) is 0 Å². The van der Waals surface area contributed by atoms with E-state index in [2.05, 4.69) is 14.7 Å². The van der Waals surface area contributed by atoms with Crippen LogP contribution in [0.5, 0.6) is 0 Å². The Morgan fingerprint density at radius 1 is 1.41 bits per heavy atom. The van der Waals surface area contributed by atoms with E-state index in [0.717, 1.165) is 17.1 Å². The predicted octanol–water partition coefficient (Wildman–Crippen LogP) is 0.831. The number of nitrogens with one attached hydrogen (secondary N) is 1. The molecule has 0 aliphatic rings. The largest absolute Gasteiger partial charge is 0.382 e. The Hall–Kier alpha value is -2.15. The second-order valence-electron chi connectivity index (χ2n) is 3.35. The van der Waals surface area contributed by atoms with Crippen LogP contribution in [0, 0.1) is 0 Å². The summed E-state index contributed by atoms with van der Waals surface area (Å²) in [6.07, 6.45) is 3.40. The summed E-state index contributed by atoms with van der Waals surface area (Å²) >= 11 is 1.12. The van der Waals surface area contributed by atoms with Crippen molar-refractivity contribution in [3.05, 3.63) is 35.7 Å². The van der Waals surface area contributed by atoms with Gasteiger partial charge in [-0.1, -0.05) is 0 Å². The van der Waals surface area contributed by atoms with Gasteiger partial charge in [-0.05, 0) is 29.2 Å². The minimum Gasteiger partial charge on any atom is -0.382 e. The Labute approximate surface area is 102 Å². The highest BCUT2D eigenvalue weighted by molar-refractivity contribution is 7.11. The molecule has 0 saturated carbocycles.